The molecule has 0 saturated carbocycles. The highest BCUT2D eigenvalue weighted by atomic mass is 16.6. The molecule has 2 rings (SSSR count). The van der Waals surface area contributed by atoms with Gasteiger partial charge in [-0.1, -0.05) is 60.5 Å². The Balaban J connectivity index is 2.34. The number of carbonyl (C=O) groups is 3. The van der Waals surface area contributed by atoms with Gasteiger partial charge in [-0.2, -0.15) is 0 Å². The lowest BCUT2D eigenvalue weighted by atomic mass is 9.96. The third-order valence-corrected chi connectivity index (χ3v) is 5.03. The molecule has 180 valence electrons. The maximum Gasteiger partial charge on any atom is 0.408 e. The molecule has 2 aromatic carbocycles. The van der Waals surface area contributed by atoms with Crippen molar-refractivity contribution in [3.05, 3.63) is 70.8 Å². The molecule has 0 spiro atoms. The largest absolute Gasteiger partial charge is 0.444 e. The molecule has 0 saturated heterocycles. The molecule has 2 unspecified atom stereocenters. The second-order valence-electron chi connectivity index (χ2n) is 9.17. The highest BCUT2D eigenvalue weighted by Gasteiger charge is 2.35. The van der Waals surface area contributed by atoms with Gasteiger partial charge in [0.05, 0.1) is 0 Å². The number of amides is 3. The van der Waals surface area contributed by atoms with E-state index in [2.05, 4.69) is 16.7 Å². The summed E-state index contributed by atoms with van der Waals surface area (Å²) >= 11 is 0. The minimum Gasteiger partial charge on any atom is -0.444 e. The van der Waals surface area contributed by atoms with E-state index in [4.69, 9.17) is 11.2 Å². The maximum atomic E-state index is 13.4. The molecule has 0 aliphatic rings. The minimum absolute atomic E-state index is 0.277. The molecule has 0 aliphatic heterocycles. The summed E-state index contributed by atoms with van der Waals surface area (Å²) in [4.78, 5) is 39.9. The van der Waals surface area contributed by atoms with Crippen LogP contribution in [-0.4, -0.2) is 34.5 Å². The average Bonchev–Trinajstić information content (AvgIpc) is 2.76. The van der Waals surface area contributed by atoms with Crippen LogP contribution in [0.2, 0.25) is 0 Å². The van der Waals surface area contributed by atoms with Gasteiger partial charge in [0.25, 0.3) is 5.91 Å². The number of benzene rings is 2. The molecular weight excluding hydrogens is 430 g/mol. The number of carbonyl (C=O) groups excluding carboxylic acids is 3. The van der Waals surface area contributed by atoms with Crippen LogP contribution in [0.5, 0.6) is 0 Å². The van der Waals surface area contributed by atoms with Crippen molar-refractivity contribution in [2.75, 3.05) is 0 Å². The van der Waals surface area contributed by atoms with Crippen LogP contribution in [-0.2, 0) is 20.9 Å². The summed E-state index contributed by atoms with van der Waals surface area (Å²) in [6, 6.07) is 15.3. The second-order valence-corrected chi connectivity index (χ2v) is 9.17. The topological polar surface area (TPSA) is 87.7 Å². The van der Waals surface area contributed by atoms with E-state index in [1.54, 1.807) is 20.8 Å². The normalized spacial score (nSPS) is 12.6. The van der Waals surface area contributed by atoms with Crippen molar-refractivity contribution in [2.45, 2.75) is 65.8 Å². The highest BCUT2D eigenvalue weighted by Crippen LogP contribution is 2.26. The first-order chi connectivity index (χ1) is 15.9. The molecule has 0 radical (unpaired) electrons. The fraction of sp³-hybridized carbons (Fsp3) is 0.370. The van der Waals surface area contributed by atoms with Gasteiger partial charge in [-0.05, 0) is 58.2 Å². The molecule has 7 nitrogen and oxygen atoms in total. The van der Waals surface area contributed by atoms with Crippen molar-refractivity contribution in [2.24, 2.45) is 0 Å². The van der Waals surface area contributed by atoms with E-state index in [1.165, 1.54) is 6.92 Å². The number of aryl methyl sites for hydroxylation is 2. The molecule has 34 heavy (non-hydrogen) atoms. The number of alkyl carbamates (subject to hydrolysis) is 1. The van der Waals surface area contributed by atoms with Gasteiger partial charge in [0.2, 0.25) is 5.91 Å². The van der Waals surface area contributed by atoms with Crippen molar-refractivity contribution < 1.29 is 19.1 Å². The van der Waals surface area contributed by atoms with Crippen LogP contribution in [0.4, 0.5) is 4.79 Å². The quantitative estimate of drug-likeness (QED) is 0.480. The Kier molecular flexibility index (Phi) is 8.85. The van der Waals surface area contributed by atoms with Gasteiger partial charge in [0, 0.05) is 12.6 Å². The van der Waals surface area contributed by atoms with E-state index < -0.39 is 35.6 Å². The first-order valence-corrected chi connectivity index (χ1v) is 11.1. The Labute approximate surface area is 201 Å². The van der Waals surface area contributed by atoms with Gasteiger partial charge in [-0.3, -0.25) is 14.5 Å². The number of hydrogen-bond acceptors (Lipinski definition) is 4. The van der Waals surface area contributed by atoms with Gasteiger partial charge < -0.3 is 15.4 Å². The van der Waals surface area contributed by atoms with E-state index in [1.807, 2.05) is 62.4 Å². The summed E-state index contributed by atoms with van der Waals surface area (Å²) in [5.74, 6) is -1.03. The van der Waals surface area contributed by atoms with Crippen molar-refractivity contribution in [3.8, 4) is 12.5 Å². The van der Waals surface area contributed by atoms with Gasteiger partial charge in [-0.15, -0.1) is 0 Å². The lowest BCUT2D eigenvalue weighted by Gasteiger charge is -2.30. The van der Waals surface area contributed by atoms with E-state index in [0.717, 1.165) is 21.6 Å². The standard InChI is InChI=1S/C27H33N3O4/c1-8-30(25(32)20(4)29-26(33)34-27(5,6)7)23(22-16-18(2)14-15-19(22)3)24(31)28-17-21-12-10-9-11-13-21/h1,9-16,20,23H,17H2,2-7H3,(H,28,31)(H,29,33). The molecule has 0 fully saturated rings. The van der Waals surface area contributed by atoms with Crippen molar-refractivity contribution >= 4 is 17.9 Å². The van der Waals surface area contributed by atoms with E-state index in [-0.39, 0.29) is 6.54 Å². The second kappa shape index (κ2) is 11.4. The van der Waals surface area contributed by atoms with Gasteiger partial charge >= 0.3 is 6.09 Å². The summed E-state index contributed by atoms with van der Waals surface area (Å²) in [5.41, 5.74) is 2.53. The summed E-state index contributed by atoms with van der Waals surface area (Å²) in [6.07, 6.45) is 5.00. The predicted molar refractivity (Wildman–Crippen MR) is 131 cm³/mol. The van der Waals surface area contributed by atoms with E-state index in [0.29, 0.717) is 5.56 Å². The first-order valence-electron chi connectivity index (χ1n) is 11.1. The average molecular weight is 464 g/mol. The van der Waals surface area contributed by atoms with Gasteiger partial charge in [0.1, 0.15) is 17.7 Å². The number of nitrogens with one attached hydrogen (secondary N) is 2. The van der Waals surface area contributed by atoms with Crippen LogP contribution in [0.15, 0.2) is 48.5 Å². The number of terminal acetylenes is 1. The molecule has 7 heteroatoms. The van der Waals surface area contributed by atoms with Gasteiger partial charge in [0.15, 0.2) is 0 Å². The highest BCUT2D eigenvalue weighted by molar-refractivity contribution is 5.93. The van der Waals surface area contributed by atoms with Crippen molar-refractivity contribution in [3.63, 3.8) is 0 Å². The summed E-state index contributed by atoms with van der Waals surface area (Å²) in [6.45, 7) is 10.7. The predicted octanol–water partition coefficient (Wildman–Crippen LogP) is 3.99. The van der Waals surface area contributed by atoms with Crippen LogP contribution >= 0.6 is 0 Å². The minimum atomic E-state index is -1.08. The van der Waals surface area contributed by atoms with Crippen LogP contribution in [0, 0.1) is 26.3 Å². The molecule has 0 bridgehead atoms. The van der Waals surface area contributed by atoms with Crippen LogP contribution < -0.4 is 10.6 Å². The zero-order valence-corrected chi connectivity index (χ0v) is 20.6. The molecule has 3 amide bonds. The molecule has 2 aromatic rings. The summed E-state index contributed by atoms with van der Waals surface area (Å²) < 4.78 is 5.24. The fourth-order valence-corrected chi connectivity index (χ4v) is 3.35. The molecule has 2 N–H and O–H groups in total. The SMILES string of the molecule is C#CN(C(=O)C(C)NC(=O)OC(C)(C)C)C(C(=O)NCc1ccccc1)c1cc(C)ccc1C. The Morgan fingerprint density at radius 1 is 1.09 bits per heavy atom. The lowest BCUT2D eigenvalue weighted by molar-refractivity contribution is -0.138. The van der Waals surface area contributed by atoms with E-state index >= 15 is 0 Å². The number of nitrogens with zero attached hydrogens (tertiary/aromatic N) is 1. The number of ether oxygens (including phenoxy) is 1. The monoisotopic (exact) mass is 463 g/mol. The molecule has 0 aliphatic carbocycles. The Bertz CT molecular complexity index is 1070. The third-order valence-electron chi connectivity index (χ3n) is 5.03. The van der Waals surface area contributed by atoms with Crippen molar-refractivity contribution in [1.82, 2.24) is 15.5 Å². The molecule has 2 atom stereocenters. The third kappa shape index (κ3) is 7.38. The van der Waals surface area contributed by atoms with Crippen molar-refractivity contribution in [1.29, 1.82) is 0 Å². The van der Waals surface area contributed by atoms with Crippen LogP contribution in [0.25, 0.3) is 0 Å². The first kappa shape index (κ1) is 26.5. The Morgan fingerprint density at radius 3 is 2.32 bits per heavy atom. The number of hydrogen-bond donors (Lipinski definition) is 2. The van der Waals surface area contributed by atoms with Crippen LogP contribution in [0.1, 0.15) is 56.0 Å². The molecular formula is C27H33N3O4. The zero-order valence-electron chi connectivity index (χ0n) is 20.6. The fourth-order valence-electron chi connectivity index (χ4n) is 3.35. The maximum absolute atomic E-state index is 13.4. The lowest BCUT2D eigenvalue weighted by Crippen LogP contribution is -2.50. The zero-order chi connectivity index (χ0) is 25.5. The van der Waals surface area contributed by atoms with Gasteiger partial charge in [-0.25, -0.2) is 4.79 Å². The number of rotatable bonds is 7. The Morgan fingerprint density at radius 2 is 1.74 bits per heavy atom. The summed E-state index contributed by atoms with van der Waals surface area (Å²) in [5, 5.41) is 5.38. The van der Waals surface area contributed by atoms with E-state index in [9.17, 15) is 14.4 Å². The summed E-state index contributed by atoms with van der Waals surface area (Å²) in [7, 11) is 0. The smallest absolute Gasteiger partial charge is 0.408 e. The Hall–Kier alpha value is -3.79. The molecule has 0 heterocycles. The molecule has 0 aromatic heterocycles. The van der Waals surface area contributed by atoms with Crippen LogP contribution in [0.3, 0.4) is 0 Å².